The first-order chi connectivity index (χ1) is 15.9. The summed E-state index contributed by atoms with van der Waals surface area (Å²) in [6.07, 6.45) is 3.96. The van der Waals surface area contributed by atoms with Crippen LogP contribution in [0.4, 0.5) is 0 Å². The molecule has 0 radical (unpaired) electrons. The molecular weight excluding hydrogens is 483 g/mol. The number of rotatable bonds is 5. The van der Waals surface area contributed by atoms with E-state index in [1.807, 2.05) is 17.0 Å². The fourth-order valence-corrected chi connectivity index (χ4v) is 4.88. The number of carbonyl (C=O) groups is 2. The summed E-state index contributed by atoms with van der Waals surface area (Å²) in [5.41, 5.74) is 1.90. The van der Waals surface area contributed by atoms with E-state index in [0.717, 1.165) is 25.7 Å². The molecule has 5 nitrogen and oxygen atoms in total. The second-order valence-electron chi connectivity index (χ2n) is 8.02. The molecule has 2 aromatic carbocycles. The van der Waals surface area contributed by atoms with Crippen LogP contribution in [-0.2, 0) is 9.53 Å². The number of amides is 1. The molecule has 8 heteroatoms. The maximum Gasteiger partial charge on any atom is 0.339 e. The Morgan fingerprint density at radius 2 is 1.88 bits per heavy atom. The van der Waals surface area contributed by atoms with Crippen LogP contribution in [0.5, 0.6) is 0 Å². The summed E-state index contributed by atoms with van der Waals surface area (Å²) in [6, 6.07) is 12.4. The number of pyridine rings is 1. The van der Waals surface area contributed by atoms with Gasteiger partial charge in [-0.05, 0) is 49.9 Å². The van der Waals surface area contributed by atoms with Crippen molar-refractivity contribution in [2.75, 3.05) is 13.2 Å². The van der Waals surface area contributed by atoms with Crippen molar-refractivity contribution in [2.24, 2.45) is 0 Å². The van der Waals surface area contributed by atoms with Crippen molar-refractivity contribution in [1.29, 1.82) is 0 Å². The Morgan fingerprint density at radius 3 is 2.67 bits per heavy atom. The first-order valence-electron chi connectivity index (χ1n) is 10.9. The molecule has 1 aliphatic heterocycles. The lowest BCUT2D eigenvalue weighted by Crippen LogP contribution is -2.45. The van der Waals surface area contributed by atoms with Gasteiger partial charge in [0.1, 0.15) is 0 Å². The van der Waals surface area contributed by atoms with Gasteiger partial charge in [-0.1, -0.05) is 59.9 Å². The lowest BCUT2D eigenvalue weighted by Gasteiger charge is -2.35. The molecule has 3 aromatic rings. The van der Waals surface area contributed by atoms with Crippen molar-refractivity contribution in [3.8, 4) is 11.3 Å². The number of ether oxygens (including phenoxy) is 1. The van der Waals surface area contributed by atoms with Gasteiger partial charge in [0, 0.05) is 23.5 Å². The number of hydrogen-bond donors (Lipinski definition) is 0. The number of esters is 1. The number of aromatic nitrogens is 1. The number of carbonyl (C=O) groups excluding carboxylic acids is 2. The molecule has 0 saturated carbocycles. The lowest BCUT2D eigenvalue weighted by atomic mass is 10.00. The number of halogens is 3. The smallest absolute Gasteiger partial charge is 0.339 e. The quantitative estimate of drug-likeness (QED) is 0.282. The molecule has 0 spiro atoms. The third-order valence-corrected chi connectivity index (χ3v) is 7.29. The summed E-state index contributed by atoms with van der Waals surface area (Å²) < 4.78 is 5.47. The minimum Gasteiger partial charge on any atom is -0.452 e. The van der Waals surface area contributed by atoms with Crippen LogP contribution in [0.1, 0.15) is 43.0 Å². The van der Waals surface area contributed by atoms with Crippen LogP contribution < -0.4 is 0 Å². The van der Waals surface area contributed by atoms with E-state index in [1.165, 1.54) is 0 Å². The molecule has 1 atom stereocenters. The zero-order valence-electron chi connectivity index (χ0n) is 18.1. The van der Waals surface area contributed by atoms with E-state index in [4.69, 9.17) is 39.5 Å². The lowest BCUT2D eigenvalue weighted by molar-refractivity contribution is -0.138. The molecule has 0 aliphatic carbocycles. The number of likely N-dealkylation sites (tertiary alicyclic amines) is 1. The Hall–Kier alpha value is -2.34. The number of fused-ring (bicyclic) bond motifs is 1. The summed E-state index contributed by atoms with van der Waals surface area (Å²) in [7, 11) is 0. The fourth-order valence-electron chi connectivity index (χ4n) is 4.25. The predicted octanol–water partition coefficient (Wildman–Crippen LogP) is 6.81. The molecule has 172 valence electrons. The Labute approximate surface area is 207 Å². The summed E-state index contributed by atoms with van der Waals surface area (Å²) in [6.45, 7) is 2.48. The van der Waals surface area contributed by atoms with E-state index in [9.17, 15) is 9.59 Å². The van der Waals surface area contributed by atoms with Gasteiger partial charge in [-0.2, -0.15) is 0 Å². The molecule has 1 amide bonds. The minimum absolute atomic E-state index is 0.166. The highest BCUT2D eigenvalue weighted by molar-refractivity contribution is 6.49. The molecule has 1 unspecified atom stereocenters. The van der Waals surface area contributed by atoms with E-state index in [0.29, 0.717) is 39.3 Å². The maximum absolute atomic E-state index is 13.1. The van der Waals surface area contributed by atoms with Gasteiger partial charge in [0.25, 0.3) is 5.91 Å². The van der Waals surface area contributed by atoms with E-state index >= 15 is 0 Å². The van der Waals surface area contributed by atoms with Gasteiger partial charge in [-0.15, -0.1) is 0 Å². The van der Waals surface area contributed by atoms with Crippen LogP contribution >= 0.6 is 34.8 Å². The van der Waals surface area contributed by atoms with Gasteiger partial charge in [-0.25, -0.2) is 9.78 Å². The number of hydrogen-bond acceptors (Lipinski definition) is 4. The van der Waals surface area contributed by atoms with Crippen LogP contribution in [0, 0.1) is 0 Å². The number of benzene rings is 2. The summed E-state index contributed by atoms with van der Waals surface area (Å²) in [5.74, 6) is -0.759. The van der Waals surface area contributed by atoms with E-state index in [1.54, 1.807) is 30.3 Å². The van der Waals surface area contributed by atoms with Gasteiger partial charge in [0.05, 0.1) is 31.8 Å². The predicted molar refractivity (Wildman–Crippen MR) is 132 cm³/mol. The molecule has 33 heavy (non-hydrogen) atoms. The van der Waals surface area contributed by atoms with Crippen LogP contribution in [0.15, 0.2) is 42.5 Å². The SMILES string of the molecule is CCC1CCCCN1C(=O)COC(=O)c1cc(-c2ccc(Cl)c(Cl)c2Cl)nc2ccccc12. The molecule has 4 rings (SSSR count). The fraction of sp³-hybridized carbons (Fsp3) is 0.320. The third kappa shape index (κ3) is 4.96. The highest BCUT2D eigenvalue weighted by Crippen LogP contribution is 2.38. The molecule has 0 bridgehead atoms. The molecule has 0 N–H and O–H groups in total. The molecular formula is C25H23Cl3N2O3. The standard InChI is InChI=1S/C25H23Cl3N2O3/c1-2-15-7-5-6-12-30(15)22(31)14-33-25(32)18-13-21(29-20-9-4-3-8-16(18)20)17-10-11-19(26)24(28)23(17)27/h3-4,8-11,13,15H,2,5-7,12,14H2,1H3. The maximum atomic E-state index is 13.1. The van der Waals surface area contributed by atoms with Crippen molar-refractivity contribution in [1.82, 2.24) is 9.88 Å². The van der Waals surface area contributed by atoms with Gasteiger partial charge in [0.15, 0.2) is 6.61 Å². The molecule has 1 saturated heterocycles. The molecule has 1 fully saturated rings. The highest BCUT2D eigenvalue weighted by Gasteiger charge is 2.26. The van der Waals surface area contributed by atoms with E-state index in [2.05, 4.69) is 11.9 Å². The van der Waals surface area contributed by atoms with E-state index < -0.39 is 5.97 Å². The Kier molecular flexibility index (Phi) is 7.42. The Balaban J connectivity index is 1.63. The van der Waals surface area contributed by atoms with Crippen LogP contribution in [0.2, 0.25) is 15.1 Å². The largest absolute Gasteiger partial charge is 0.452 e. The van der Waals surface area contributed by atoms with Crippen LogP contribution in [0.3, 0.4) is 0 Å². The number of piperidine rings is 1. The monoisotopic (exact) mass is 504 g/mol. The van der Waals surface area contributed by atoms with E-state index in [-0.39, 0.29) is 28.6 Å². The van der Waals surface area contributed by atoms with Gasteiger partial charge in [-0.3, -0.25) is 4.79 Å². The van der Waals surface area contributed by atoms with Gasteiger partial charge in [0.2, 0.25) is 0 Å². The number of para-hydroxylation sites is 1. The topological polar surface area (TPSA) is 59.5 Å². The first kappa shape index (κ1) is 23.8. The third-order valence-electron chi connectivity index (χ3n) is 5.99. The van der Waals surface area contributed by atoms with Gasteiger partial charge >= 0.3 is 5.97 Å². The van der Waals surface area contributed by atoms with Crippen molar-refractivity contribution in [3.05, 3.63) is 63.1 Å². The second kappa shape index (κ2) is 10.3. The average Bonchev–Trinajstić information content (AvgIpc) is 2.85. The Bertz CT molecular complexity index is 1210. The van der Waals surface area contributed by atoms with Crippen molar-refractivity contribution in [3.63, 3.8) is 0 Å². The minimum atomic E-state index is -0.593. The first-order valence-corrected chi connectivity index (χ1v) is 12.0. The number of nitrogens with zero attached hydrogens (tertiary/aromatic N) is 2. The zero-order valence-corrected chi connectivity index (χ0v) is 20.4. The molecule has 1 aromatic heterocycles. The van der Waals surface area contributed by atoms with Crippen LogP contribution in [-0.4, -0.2) is 41.0 Å². The normalized spacial score (nSPS) is 16.1. The zero-order chi connectivity index (χ0) is 23.5. The van der Waals surface area contributed by atoms with Crippen LogP contribution in [0.25, 0.3) is 22.2 Å². The summed E-state index contributed by atoms with van der Waals surface area (Å²) in [5, 5.41) is 1.41. The summed E-state index contributed by atoms with van der Waals surface area (Å²) >= 11 is 18.7. The molecule has 1 aliphatic rings. The van der Waals surface area contributed by atoms with Crippen molar-refractivity contribution in [2.45, 2.75) is 38.6 Å². The Morgan fingerprint density at radius 1 is 1.09 bits per heavy atom. The highest BCUT2D eigenvalue weighted by atomic mass is 35.5. The van der Waals surface area contributed by atoms with Crippen molar-refractivity contribution < 1.29 is 14.3 Å². The summed E-state index contributed by atoms with van der Waals surface area (Å²) in [4.78, 5) is 32.3. The second-order valence-corrected chi connectivity index (χ2v) is 9.18. The average molecular weight is 506 g/mol. The molecule has 2 heterocycles. The van der Waals surface area contributed by atoms with Gasteiger partial charge < -0.3 is 9.64 Å². The van der Waals surface area contributed by atoms with Crippen molar-refractivity contribution >= 4 is 57.6 Å².